The Morgan fingerprint density at radius 2 is 2.12 bits per heavy atom. The van der Waals surface area contributed by atoms with Crippen molar-refractivity contribution >= 4 is 27.7 Å². The van der Waals surface area contributed by atoms with Crippen LogP contribution in [0.2, 0.25) is 0 Å². The maximum absolute atomic E-state index is 10.4. The second kappa shape index (κ2) is 5.74. The average Bonchev–Trinajstić information content (AvgIpc) is 2.28. The van der Waals surface area contributed by atoms with Gasteiger partial charge in [0.1, 0.15) is 0 Å². The molecule has 1 nitrogen and oxygen atoms in total. The smallest absolute Gasteiger partial charge is 0.0738 e. The van der Waals surface area contributed by atoms with Crippen LogP contribution in [0.5, 0.6) is 0 Å². The molecule has 90 valence electrons. The molecule has 0 spiro atoms. The predicted molar refractivity (Wildman–Crippen MR) is 75.0 cm³/mol. The standard InChI is InChI=1S/C13H19BrOS/c14-11-5-4-6-12(9-11)16-10-13(15)7-2-1-3-8-13/h4-5,9,12,15H,1-3,6-8,10H2. The van der Waals surface area contributed by atoms with Gasteiger partial charge in [-0.25, -0.2) is 0 Å². The third-order valence-electron chi connectivity index (χ3n) is 3.34. The largest absolute Gasteiger partial charge is 0.389 e. The quantitative estimate of drug-likeness (QED) is 0.849. The van der Waals surface area contributed by atoms with Crippen LogP contribution in [0.25, 0.3) is 0 Å². The van der Waals surface area contributed by atoms with Gasteiger partial charge in [0.25, 0.3) is 0 Å². The lowest BCUT2D eigenvalue weighted by Crippen LogP contribution is -2.34. The molecule has 3 heteroatoms. The maximum Gasteiger partial charge on any atom is 0.0738 e. The second-order valence-electron chi connectivity index (χ2n) is 4.82. The highest BCUT2D eigenvalue weighted by atomic mass is 79.9. The van der Waals surface area contributed by atoms with Crippen molar-refractivity contribution in [3.05, 3.63) is 22.7 Å². The summed E-state index contributed by atoms with van der Waals surface area (Å²) in [6.07, 6.45) is 13.3. The summed E-state index contributed by atoms with van der Waals surface area (Å²) in [5, 5.41) is 10.9. The molecule has 0 aromatic carbocycles. The minimum absolute atomic E-state index is 0.385. The van der Waals surface area contributed by atoms with Gasteiger partial charge in [-0.15, -0.1) is 0 Å². The first-order valence-corrected chi connectivity index (χ1v) is 7.90. The van der Waals surface area contributed by atoms with E-state index in [0.717, 1.165) is 25.0 Å². The molecule has 1 N–H and O–H groups in total. The lowest BCUT2D eigenvalue weighted by atomic mass is 9.86. The van der Waals surface area contributed by atoms with Crippen LogP contribution in [-0.4, -0.2) is 21.7 Å². The Morgan fingerprint density at radius 3 is 2.81 bits per heavy atom. The van der Waals surface area contributed by atoms with Crippen LogP contribution in [0.1, 0.15) is 38.5 Å². The zero-order valence-corrected chi connectivity index (χ0v) is 11.9. The van der Waals surface area contributed by atoms with Crippen molar-refractivity contribution < 1.29 is 5.11 Å². The highest BCUT2D eigenvalue weighted by Crippen LogP contribution is 2.34. The van der Waals surface area contributed by atoms with Crippen LogP contribution < -0.4 is 0 Å². The Bertz CT molecular complexity index is 292. The van der Waals surface area contributed by atoms with Gasteiger partial charge in [-0.05, 0) is 19.3 Å². The molecule has 0 saturated heterocycles. The van der Waals surface area contributed by atoms with E-state index >= 15 is 0 Å². The van der Waals surface area contributed by atoms with Crippen molar-refractivity contribution in [2.75, 3.05) is 5.75 Å². The van der Waals surface area contributed by atoms with Gasteiger partial charge < -0.3 is 5.11 Å². The fourth-order valence-electron chi connectivity index (χ4n) is 2.35. The highest BCUT2D eigenvalue weighted by molar-refractivity contribution is 9.11. The van der Waals surface area contributed by atoms with E-state index in [1.807, 2.05) is 11.8 Å². The molecule has 2 aliphatic carbocycles. The van der Waals surface area contributed by atoms with Crippen LogP contribution >= 0.6 is 27.7 Å². The summed E-state index contributed by atoms with van der Waals surface area (Å²) in [5.41, 5.74) is -0.385. The van der Waals surface area contributed by atoms with Crippen LogP contribution in [0.4, 0.5) is 0 Å². The number of halogens is 1. The zero-order valence-electron chi connectivity index (χ0n) is 9.49. The second-order valence-corrected chi connectivity index (χ2v) is 6.97. The van der Waals surface area contributed by atoms with E-state index in [2.05, 4.69) is 34.2 Å². The molecule has 0 amide bonds. The normalized spacial score (nSPS) is 28.9. The average molecular weight is 303 g/mol. The Hall–Kier alpha value is 0.270. The van der Waals surface area contributed by atoms with E-state index in [0.29, 0.717) is 5.25 Å². The summed E-state index contributed by atoms with van der Waals surface area (Å²) in [5.74, 6) is 0.891. The van der Waals surface area contributed by atoms with Gasteiger partial charge in [-0.1, -0.05) is 53.4 Å². The summed E-state index contributed by atoms with van der Waals surface area (Å²) >= 11 is 5.41. The third-order valence-corrected chi connectivity index (χ3v) is 5.33. The molecular formula is C13H19BrOS. The predicted octanol–water partition coefficient (Wildman–Crippen LogP) is 4.02. The molecule has 0 aromatic rings. The monoisotopic (exact) mass is 302 g/mol. The van der Waals surface area contributed by atoms with Crippen LogP contribution in [0.3, 0.4) is 0 Å². The van der Waals surface area contributed by atoms with E-state index < -0.39 is 0 Å². The van der Waals surface area contributed by atoms with Crippen LogP contribution in [0.15, 0.2) is 22.7 Å². The molecule has 0 aromatic heterocycles. The Kier molecular flexibility index (Phi) is 4.57. The molecule has 1 saturated carbocycles. The lowest BCUT2D eigenvalue weighted by molar-refractivity contribution is 0.0272. The number of allylic oxidation sites excluding steroid dienone is 3. The van der Waals surface area contributed by atoms with Crippen molar-refractivity contribution in [1.82, 2.24) is 0 Å². The molecule has 0 bridgehead atoms. The van der Waals surface area contributed by atoms with Gasteiger partial charge in [0.05, 0.1) is 5.60 Å². The van der Waals surface area contributed by atoms with Gasteiger partial charge in [0.15, 0.2) is 0 Å². The molecule has 2 aliphatic rings. The SMILES string of the molecule is OC1(CSC2C=C(Br)C=CC2)CCCCC1. The van der Waals surface area contributed by atoms with Crippen molar-refractivity contribution in [2.24, 2.45) is 0 Å². The van der Waals surface area contributed by atoms with E-state index in [1.165, 1.54) is 23.7 Å². The van der Waals surface area contributed by atoms with Crippen LogP contribution in [0, 0.1) is 0 Å². The van der Waals surface area contributed by atoms with Gasteiger partial charge in [0, 0.05) is 15.5 Å². The number of hydrogen-bond acceptors (Lipinski definition) is 2. The number of hydrogen-bond donors (Lipinski definition) is 1. The molecule has 0 radical (unpaired) electrons. The molecule has 1 unspecified atom stereocenters. The Balaban J connectivity index is 1.80. The molecule has 0 aliphatic heterocycles. The first-order chi connectivity index (χ1) is 7.68. The number of thioether (sulfide) groups is 1. The first kappa shape index (κ1) is 12.7. The minimum Gasteiger partial charge on any atom is -0.389 e. The first-order valence-electron chi connectivity index (χ1n) is 6.06. The van der Waals surface area contributed by atoms with Gasteiger partial charge in [-0.2, -0.15) is 11.8 Å². The van der Waals surface area contributed by atoms with Crippen LogP contribution in [-0.2, 0) is 0 Å². The van der Waals surface area contributed by atoms with E-state index in [9.17, 15) is 5.11 Å². The summed E-state index contributed by atoms with van der Waals surface area (Å²) in [6.45, 7) is 0. The zero-order chi connectivity index (χ0) is 11.4. The number of rotatable bonds is 3. The van der Waals surface area contributed by atoms with Crippen molar-refractivity contribution in [2.45, 2.75) is 49.4 Å². The summed E-state index contributed by atoms with van der Waals surface area (Å²) < 4.78 is 1.17. The van der Waals surface area contributed by atoms with Crippen molar-refractivity contribution in [3.8, 4) is 0 Å². The molecular weight excluding hydrogens is 284 g/mol. The summed E-state index contributed by atoms with van der Waals surface area (Å²) in [6, 6.07) is 0. The fraction of sp³-hybridized carbons (Fsp3) is 0.692. The van der Waals surface area contributed by atoms with E-state index in [4.69, 9.17) is 0 Å². The fourth-order valence-corrected chi connectivity index (χ4v) is 4.33. The summed E-state index contributed by atoms with van der Waals surface area (Å²) in [7, 11) is 0. The Labute approximate surface area is 111 Å². The summed E-state index contributed by atoms with van der Waals surface area (Å²) in [4.78, 5) is 0. The highest BCUT2D eigenvalue weighted by Gasteiger charge is 2.29. The topological polar surface area (TPSA) is 20.2 Å². The lowest BCUT2D eigenvalue weighted by Gasteiger charge is -2.32. The molecule has 1 fully saturated rings. The third kappa shape index (κ3) is 3.64. The van der Waals surface area contributed by atoms with Crippen molar-refractivity contribution in [1.29, 1.82) is 0 Å². The minimum atomic E-state index is -0.385. The molecule has 1 atom stereocenters. The van der Waals surface area contributed by atoms with Gasteiger partial charge in [-0.3, -0.25) is 0 Å². The van der Waals surface area contributed by atoms with E-state index in [1.54, 1.807) is 0 Å². The van der Waals surface area contributed by atoms with Gasteiger partial charge >= 0.3 is 0 Å². The molecule has 0 heterocycles. The van der Waals surface area contributed by atoms with Crippen molar-refractivity contribution in [3.63, 3.8) is 0 Å². The Morgan fingerprint density at radius 1 is 1.38 bits per heavy atom. The number of aliphatic hydroxyl groups is 1. The van der Waals surface area contributed by atoms with Gasteiger partial charge in [0.2, 0.25) is 0 Å². The molecule has 16 heavy (non-hydrogen) atoms. The van der Waals surface area contributed by atoms with E-state index in [-0.39, 0.29) is 5.60 Å². The maximum atomic E-state index is 10.4. The molecule has 2 rings (SSSR count).